The highest BCUT2D eigenvalue weighted by Crippen LogP contribution is 2.26. The number of hydrogen-bond donors (Lipinski definition) is 1. The van der Waals surface area contributed by atoms with Crippen molar-refractivity contribution >= 4 is 27.9 Å². The van der Waals surface area contributed by atoms with Crippen molar-refractivity contribution in [2.75, 3.05) is 0 Å². The molecule has 0 aliphatic rings. The second-order valence-electron chi connectivity index (χ2n) is 6.02. The lowest BCUT2D eigenvalue weighted by Gasteiger charge is -2.08. The average molecular weight is 463 g/mol. The summed E-state index contributed by atoms with van der Waals surface area (Å²) in [5.41, 5.74) is 2.36. The summed E-state index contributed by atoms with van der Waals surface area (Å²) in [7, 11) is 0. The zero-order chi connectivity index (χ0) is 20.6. The van der Waals surface area contributed by atoms with Gasteiger partial charge in [0.15, 0.2) is 0 Å². The number of nitrogens with one attached hydrogen (secondary N) is 1. The summed E-state index contributed by atoms with van der Waals surface area (Å²) in [5, 5.41) is 6.81. The Morgan fingerprint density at radius 1 is 1.21 bits per heavy atom. The summed E-state index contributed by atoms with van der Waals surface area (Å²) < 4.78 is 31.9. The van der Waals surface area contributed by atoms with Crippen LogP contribution in [0.5, 0.6) is 5.75 Å². The highest BCUT2D eigenvalue weighted by molar-refractivity contribution is 9.10. The van der Waals surface area contributed by atoms with Crippen LogP contribution < -0.4 is 10.1 Å². The largest absolute Gasteiger partial charge is 0.434 e. The monoisotopic (exact) mass is 462 g/mol. The number of amides is 1. The van der Waals surface area contributed by atoms with E-state index in [1.165, 1.54) is 24.5 Å². The number of benzene rings is 2. The molecule has 0 spiro atoms. The molecule has 0 bridgehead atoms. The Bertz CT molecular complexity index is 977. The van der Waals surface area contributed by atoms with Crippen molar-refractivity contribution in [1.29, 1.82) is 0 Å². The van der Waals surface area contributed by atoms with Gasteiger partial charge in [-0.3, -0.25) is 4.79 Å². The number of hydrogen-bond acceptors (Lipinski definition) is 4. The van der Waals surface area contributed by atoms with E-state index in [-0.39, 0.29) is 11.7 Å². The van der Waals surface area contributed by atoms with E-state index in [4.69, 9.17) is 0 Å². The Morgan fingerprint density at radius 3 is 2.66 bits per heavy atom. The highest BCUT2D eigenvalue weighted by Gasteiger charge is 2.09. The zero-order valence-corrected chi connectivity index (χ0v) is 16.7. The van der Waals surface area contributed by atoms with Crippen molar-refractivity contribution < 1.29 is 18.3 Å². The van der Waals surface area contributed by atoms with E-state index in [1.807, 2.05) is 24.3 Å². The number of rotatable bonds is 8. The fourth-order valence-corrected chi connectivity index (χ4v) is 2.91. The van der Waals surface area contributed by atoms with Crippen molar-refractivity contribution in [3.05, 3.63) is 82.4 Å². The van der Waals surface area contributed by atoms with E-state index >= 15 is 0 Å². The smallest absolute Gasteiger partial charge is 0.387 e. The van der Waals surface area contributed by atoms with Gasteiger partial charge in [-0.2, -0.15) is 13.9 Å². The Morgan fingerprint density at radius 2 is 1.97 bits per heavy atom. The van der Waals surface area contributed by atoms with Gasteiger partial charge in [0.2, 0.25) is 5.91 Å². The second kappa shape index (κ2) is 9.92. The van der Waals surface area contributed by atoms with Gasteiger partial charge in [0.05, 0.1) is 6.54 Å². The van der Waals surface area contributed by atoms with Crippen LogP contribution in [0.4, 0.5) is 8.78 Å². The van der Waals surface area contributed by atoms with Crippen molar-refractivity contribution in [2.45, 2.75) is 19.7 Å². The molecule has 3 aromatic rings. The predicted molar refractivity (Wildman–Crippen MR) is 107 cm³/mol. The molecule has 1 aromatic heterocycles. The molecule has 0 fully saturated rings. The Balaban J connectivity index is 1.55. The van der Waals surface area contributed by atoms with E-state index in [2.05, 4.69) is 36.1 Å². The quantitative estimate of drug-likeness (QED) is 0.513. The van der Waals surface area contributed by atoms with Gasteiger partial charge in [-0.05, 0) is 35.4 Å². The lowest BCUT2D eigenvalue weighted by molar-refractivity contribution is -0.116. The molecule has 9 heteroatoms. The van der Waals surface area contributed by atoms with Gasteiger partial charge in [0.1, 0.15) is 18.4 Å². The summed E-state index contributed by atoms with van der Waals surface area (Å²) in [6.07, 6.45) is 5.83. The Hall–Kier alpha value is -3.07. The Labute approximate surface area is 174 Å². The number of carbonyl (C=O) groups is 1. The van der Waals surface area contributed by atoms with Gasteiger partial charge in [0.25, 0.3) is 0 Å². The van der Waals surface area contributed by atoms with Gasteiger partial charge in [-0.15, -0.1) is 0 Å². The van der Waals surface area contributed by atoms with E-state index in [0.717, 1.165) is 11.1 Å². The maximum Gasteiger partial charge on any atom is 0.387 e. The van der Waals surface area contributed by atoms with Crippen LogP contribution in [0.3, 0.4) is 0 Å². The molecular formula is C20H17BrF2N4O2. The van der Waals surface area contributed by atoms with Crippen molar-refractivity contribution in [1.82, 2.24) is 20.1 Å². The number of carbonyl (C=O) groups excluding carboxylic acids is 1. The van der Waals surface area contributed by atoms with Crippen LogP contribution in [0.2, 0.25) is 0 Å². The molecule has 0 saturated heterocycles. The van der Waals surface area contributed by atoms with Gasteiger partial charge in [-0.1, -0.05) is 40.2 Å². The number of ether oxygens (including phenoxy) is 1. The Kier molecular flexibility index (Phi) is 7.07. The summed E-state index contributed by atoms with van der Waals surface area (Å²) in [4.78, 5) is 16.0. The van der Waals surface area contributed by atoms with Crippen LogP contribution in [-0.4, -0.2) is 27.3 Å². The molecule has 0 radical (unpaired) electrons. The van der Waals surface area contributed by atoms with Gasteiger partial charge >= 0.3 is 6.61 Å². The fourth-order valence-electron chi connectivity index (χ4n) is 2.53. The molecule has 0 unspecified atom stereocenters. The van der Waals surface area contributed by atoms with Crippen LogP contribution in [0.1, 0.15) is 16.7 Å². The molecule has 0 aliphatic carbocycles. The minimum atomic E-state index is -2.94. The molecule has 3 rings (SSSR count). The normalized spacial score (nSPS) is 11.2. The van der Waals surface area contributed by atoms with Crippen LogP contribution in [-0.2, 0) is 17.9 Å². The fraction of sp³-hybridized carbons (Fsp3) is 0.150. The lowest BCUT2D eigenvalue weighted by atomic mass is 10.1. The van der Waals surface area contributed by atoms with Crippen LogP contribution in [0, 0.1) is 0 Å². The van der Waals surface area contributed by atoms with Crippen molar-refractivity contribution in [2.24, 2.45) is 0 Å². The third kappa shape index (κ3) is 6.49. The first-order valence-electron chi connectivity index (χ1n) is 8.60. The van der Waals surface area contributed by atoms with Crippen LogP contribution >= 0.6 is 15.9 Å². The van der Waals surface area contributed by atoms with Gasteiger partial charge < -0.3 is 10.1 Å². The zero-order valence-electron chi connectivity index (χ0n) is 15.1. The molecule has 29 heavy (non-hydrogen) atoms. The number of aromatic nitrogens is 3. The van der Waals surface area contributed by atoms with E-state index in [1.54, 1.807) is 23.1 Å². The molecule has 6 nitrogen and oxygen atoms in total. The van der Waals surface area contributed by atoms with Gasteiger partial charge in [0, 0.05) is 22.7 Å². The molecule has 1 heterocycles. The maximum atomic E-state index is 12.5. The predicted octanol–water partition coefficient (Wildman–Crippen LogP) is 4.02. The molecule has 1 amide bonds. The maximum absolute atomic E-state index is 12.5. The summed E-state index contributed by atoms with van der Waals surface area (Å²) in [6, 6.07) is 12.3. The number of nitrogens with zero attached hydrogens (tertiary/aromatic N) is 3. The first-order valence-corrected chi connectivity index (χ1v) is 9.39. The topological polar surface area (TPSA) is 69.0 Å². The van der Waals surface area contributed by atoms with Crippen LogP contribution in [0.15, 0.2) is 65.7 Å². The minimum absolute atomic E-state index is 0.00443. The first-order chi connectivity index (χ1) is 14.0. The standard InChI is InChI=1S/C20H17BrF2N4O2/c21-17-6-7-18(29-20(22)23)16(9-17)5-8-19(28)25-10-14-1-3-15(4-2-14)11-27-13-24-12-26-27/h1-9,12-13,20H,10-11H2,(H,25,28)/b8-5+. The van der Waals surface area contributed by atoms with Gasteiger partial charge in [-0.25, -0.2) is 9.67 Å². The summed E-state index contributed by atoms with van der Waals surface area (Å²) >= 11 is 3.27. The number of alkyl halides is 2. The summed E-state index contributed by atoms with van der Waals surface area (Å²) in [5.74, 6) is -0.352. The third-order valence-electron chi connectivity index (χ3n) is 3.90. The van der Waals surface area contributed by atoms with Crippen molar-refractivity contribution in [3.8, 4) is 5.75 Å². The molecule has 0 aliphatic heterocycles. The van der Waals surface area contributed by atoms with E-state index < -0.39 is 6.61 Å². The lowest BCUT2D eigenvalue weighted by Crippen LogP contribution is -2.20. The molecule has 0 atom stereocenters. The van der Waals surface area contributed by atoms with Crippen molar-refractivity contribution in [3.63, 3.8) is 0 Å². The number of halogens is 3. The molecule has 150 valence electrons. The third-order valence-corrected chi connectivity index (χ3v) is 4.40. The molecular weight excluding hydrogens is 446 g/mol. The van der Waals surface area contributed by atoms with Crippen LogP contribution in [0.25, 0.3) is 6.08 Å². The summed E-state index contributed by atoms with van der Waals surface area (Å²) in [6.45, 7) is -1.99. The highest BCUT2D eigenvalue weighted by atomic mass is 79.9. The minimum Gasteiger partial charge on any atom is -0.434 e. The van der Waals surface area contributed by atoms with E-state index in [9.17, 15) is 13.6 Å². The second-order valence-corrected chi connectivity index (χ2v) is 6.94. The van der Waals surface area contributed by atoms with E-state index in [0.29, 0.717) is 23.1 Å². The molecule has 0 saturated carbocycles. The first kappa shape index (κ1) is 20.7. The molecule has 1 N–H and O–H groups in total. The SMILES string of the molecule is O=C(/C=C/c1cc(Br)ccc1OC(F)F)NCc1ccc(Cn2cncn2)cc1. The average Bonchev–Trinajstić information content (AvgIpc) is 3.20. The molecule has 2 aromatic carbocycles.